The van der Waals surface area contributed by atoms with Crippen molar-refractivity contribution in [1.82, 2.24) is 0 Å². The summed E-state index contributed by atoms with van der Waals surface area (Å²) >= 11 is 0. The summed E-state index contributed by atoms with van der Waals surface area (Å²) in [5.74, 6) is 0. The first-order valence-corrected chi connectivity index (χ1v) is 4.32. The molecule has 0 radical (unpaired) electrons. The molecular formula is C4H12N2O3S. The molecule has 0 heterocycles. The molecule has 0 aromatic carbocycles. The van der Waals surface area contributed by atoms with E-state index in [9.17, 15) is 8.42 Å². The van der Waals surface area contributed by atoms with E-state index < -0.39 is 21.4 Å². The molecule has 0 aliphatic carbocycles. The second-order valence-electron chi connectivity index (χ2n) is 2.12. The second-order valence-corrected chi connectivity index (χ2v) is 3.89. The van der Waals surface area contributed by atoms with E-state index in [2.05, 4.69) is 0 Å². The van der Waals surface area contributed by atoms with E-state index in [1.807, 2.05) is 0 Å². The number of nitrogens with two attached hydrogens (primary N) is 2. The van der Waals surface area contributed by atoms with Crippen molar-refractivity contribution in [2.24, 2.45) is 11.5 Å². The molecule has 0 rings (SSSR count). The van der Waals surface area contributed by atoms with E-state index in [1.54, 1.807) is 0 Å². The molecule has 6 heteroatoms. The van der Waals surface area contributed by atoms with E-state index >= 15 is 0 Å². The molecule has 62 valence electrons. The summed E-state index contributed by atoms with van der Waals surface area (Å²) < 4.78 is 29.1. The minimum Gasteiger partial charge on any atom is -0.329 e. The Kier molecular flexibility index (Phi) is 3.23. The Morgan fingerprint density at radius 2 is 2.00 bits per heavy atom. The summed E-state index contributed by atoms with van der Waals surface area (Å²) in [5, 5.41) is -0.988. The molecule has 0 aliphatic rings. The maximum atomic E-state index is 10.4. The summed E-state index contributed by atoms with van der Waals surface area (Å²) in [6.45, 7) is 1.35. The fourth-order valence-corrected chi connectivity index (χ4v) is 0.965. The molecule has 0 aliphatic heterocycles. The van der Waals surface area contributed by atoms with Gasteiger partial charge in [0.15, 0.2) is 0 Å². The van der Waals surface area contributed by atoms with Gasteiger partial charge in [-0.3, -0.25) is 4.55 Å². The van der Waals surface area contributed by atoms with E-state index in [0.717, 1.165) is 0 Å². The summed E-state index contributed by atoms with van der Waals surface area (Å²) in [6.07, 6.45) is 0. The largest absolute Gasteiger partial charge is 0.329 e. The van der Waals surface area contributed by atoms with Crippen LogP contribution in [0.3, 0.4) is 0 Å². The van der Waals surface area contributed by atoms with E-state index in [1.165, 1.54) is 6.92 Å². The molecule has 0 saturated carbocycles. The highest BCUT2D eigenvalue weighted by Crippen LogP contribution is 1.99. The van der Waals surface area contributed by atoms with Gasteiger partial charge in [0, 0.05) is 12.6 Å². The normalized spacial score (nSPS) is 18.4. The van der Waals surface area contributed by atoms with Crippen molar-refractivity contribution in [2.75, 3.05) is 6.54 Å². The minimum absolute atomic E-state index is 0.0426. The van der Waals surface area contributed by atoms with Gasteiger partial charge in [0.2, 0.25) is 0 Å². The van der Waals surface area contributed by atoms with Gasteiger partial charge in [-0.2, -0.15) is 8.42 Å². The van der Waals surface area contributed by atoms with Crippen LogP contribution in [0.5, 0.6) is 0 Å². The quantitative estimate of drug-likeness (QED) is 0.447. The lowest BCUT2D eigenvalue weighted by Gasteiger charge is -2.13. The summed E-state index contributed by atoms with van der Waals surface area (Å²) in [5.41, 5.74) is 10.3. The average Bonchev–Trinajstić information content (AvgIpc) is 1.83. The average molecular weight is 168 g/mol. The Labute approximate surface area is 60.1 Å². The highest BCUT2D eigenvalue weighted by molar-refractivity contribution is 7.86. The molecule has 0 aromatic rings. The lowest BCUT2D eigenvalue weighted by Crippen LogP contribution is -2.43. The van der Waals surface area contributed by atoms with Gasteiger partial charge in [0.25, 0.3) is 10.1 Å². The first-order valence-electron chi connectivity index (χ1n) is 2.81. The third kappa shape index (κ3) is 2.61. The smallest absolute Gasteiger partial charge is 0.269 e. The van der Waals surface area contributed by atoms with Crippen LogP contribution in [0, 0.1) is 0 Å². The van der Waals surface area contributed by atoms with Gasteiger partial charge in [-0.15, -0.1) is 0 Å². The van der Waals surface area contributed by atoms with Crippen LogP contribution in [0.15, 0.2) is 0 Å². The molecule has 5 N–H and O–H groups in total. The third-order valence-corrected chi connectivity index (χ3v) is 2.63. The van der Waals surface area contributed by atoms with Crippen molar-refractivity contribution >= 4 is 10.1 Å². The highest BCUT2D eigenvalue weighted by Gasteiger charge is 2.23. The first kappa shape index (κ1) is 9.83. The zero-order valence-electron chi connectivity index (χ0n) is 5.69. The number of rotatable bonds is 3. The molecule has 0 fully saturated rings. The van der Waals surface area contributed by atoms with Crippen LogP contribution in [-0.4, -0.2) is 30.8 Å². The molecule has 0 spiro atoms. The topological polar surface area (TPSA) is 106 Å². The molecule has 0 aromatic heterocycles. The Hall–Kier alpha value is -0.170. The Bertz CT molecular complexity index is 189. The van der Waals surface area contributed by atoms with Crippen molar-refractivity contribution in [3.05, 3.63) is 0 Å². The van der Waals surface area contributed by atoms with E-state index in [0.29, 0.717) is 0 Å². The van der Waals surface area contributed by atoms with E-state index in [-0.39, 0.29) is 6.54 Å². The van der Waals surface area contributed by atoms with Crippen LogP contribution in [-0.2, 0) is 10.1 Å². The summed E-state index contributed by atoms with van der Waals surface area (Å²) in [6, 6.07) is -0.699. The Morgan fingerprint density at radius 1 is 1.60 bits per heavy atom. The van der Waals surface area contributed by atoms with Crippen LogP contribution in [0.2, 0.25) is 0 Å². The van der Waals surface area contributed by atoms with Crippen molar-refractivity contribution in [3.8, 4) is 0 Å². The lowest BCUT2D eigenvalue weighted by atomic mass is 10.2. The first-order chi connectivity index (χ1) is 4.39. The molecular weight excluding hydrogens is 156 g/mol. The van der Waals surface area contributed by atoms with E-state index in [4.69, 9.17) is 16.0 Å². The predicted molar refractivity (Wildman–Crippen MR) is 38.0 cm³/mol. The van der Waals surface area contributed by atoms with Crippen LogP contribution in [0.1, 0.15) is 6.92 Å². The monoisotopic (exact) mass is 168 g/mol. The van der Waals surface area contributed by atoms with Crippen LogP contribution in [0.4, 0.5) is 0 Å². The maximum absolute atomic E-state index is 10.4. The highest BCUT2D eigenvalue weighted by atomic mass is 32.2. The fourth-order valence-electron chi connectivity index (χ4n) is 0.413. The number of hydrogen-bond donors (Lipinski definition) is 3. The van der Waals surface area contributed by atoms with Gasteiger partial charge >= 0.3 is 0 Å². The number of hydrogen-bond acceptors (Lipinski definition) is 4. The second kappa shape index (κ2) is 3.29. The van der Waals surface area contributed by atoms with Gasteiger partial charge in [-0.1, -0.05) is 0 Å². The SMILES string of the molecule is CC(C(N)CN)S(=O)(=O)O. The summed E-state index contributed by atoms with van der Waals surface area (Å²) in [7, 11) is -4.02. The van der Waals surface area contributed by atoms with Gasteiger partial charge < -0.3 is 11.5 Å². The van der Waals surface area contributed by atoms with Gasteiger partial charge in [0.1, 0.15) is 0 Å². The van der Waals surface area contributed by atoms with Gasteiger partial charge in [-0.25, -0.2) is 0 Å². The van der Waals surface area contributed by atoms with Crippen LogP contribution >= 0.6 is 0 Å². The molecule has 0 bridgehead atoms. The van der Waals surface area contributed by atoms with Crippen LogP contribution < -0.4 is 11.5 Å². The van der Waals surface area contributed by atoms with Gasteiger partial charge in [-0.05, 0) is 6.92 Å². The maximum Gasteiger partial charge on any atom is 0.269 e. The lowest BCUT2D eigenvalue weighted by molar-refractivity contribution is 0.457. The predicted octanol–water partition coefficient (Wildman–Crippen LogP) is -1.45. The molecule has 5 nitrogen and oxygen atoms in total. The Balaban J connectivity index is 4.23. The molecule has 2 unspecified atom stereocenters. The summed E-state index contributed by atoms with van der Waals surface area (Å²) in [4.78, 5) is 0. The molecule has 2 atom stereocenters. The Morgan fingerprint density at radius 3 is 2.10 bits per heavy atom. The fraction of sp³-hybridized carbons (Fsp3) is 1.00. The van der Waals surface area contributed by atoms with Gasteiger partial charge in [0.05, 0.1) is 5.25 Å². The molecule has 0 amide bonds. The van der Waals surface area contributed by atoms with Crippen LogP contribution in [0.25, 0.3) is 0 Å². The molecule has 10 heavy (non-hydrogen) atoms. The third-order valence-electron chi connectivity index (χ3n) is 1.34. The molecule has 0 saturated heterocycles. The van der Waals surface area contributed by atoms with Crippen molar-refractivity contribution in [2.45, 2.75) is 18.2 Å². The zero-order chi connectivity index (χ0) is 8.36. The zero-order valence-corrected chi connectivity index (χ0v) is 6.50. The van der Waals surface area contributed by atoms with Crippen molar-refractivity contribution in [3.63, 3.8) is 0 Å². The minimum atomic E-state index is -4.02. The standard InChI is InChI=1S/C4H12N2O3S/c1-3(4(6)2-5)10(7,8)9/h3-4H,2,5-6H2,1H3,(H,7,8,9). The van der Waals surface area contributed by atoms with Crippen molar-refractivity contribution in [1.29, 1.82) is 0 Å². The van der Waals surface area contributed by atoms with Crippen molar-refractivity contribution < 1.29 is 13.0 Å².